The summed E-state index contributed by atoms with van der Waals surface area (Å²) in [7, 11) is 1.30. The van der Waals surface area contributed by atoms with E-state index in [-0.39, 0.29) is 52.1 Å². The maximum atomic E-state index is 14.4. The van der Waals surface area contributed by atoms with Crippen molar-refractivity contribution in [1.82, 2.24) is 4.90 Å². The van der Waals surface area contributed by atoms with Crippen molar-refractivity contribution in [3.63, 3.8) is 0 Å². The number of amides is 1. The highest BCUT2D eigenvalue weighted by Gasteiger charge is 2.37. The lowest BCUT2D eigenvalue weighted by Gasteiger charge is -2.44. The van der Waals surface area contributed by atoms with Crippen LogP contribution in [-0.4, -0.2) is 56.4 Å². The first-order valence-electron chi connectivity index (χ1n) is 16.3. The number of rotatable bonds is 12. The molecule has 1 amide bonds. The zero-order valence-electron chi connectivity index (χ0n) is 27.5. The molecule has 3 fully saturated rings. The van der Waals surface area contributed by atoms with Crippen LogP contribution in [0.2, 0.25) is 10.0 Å². The highest BCUT2D eigenvalue weighted by atomic mass is 35.5. The maximum absolute atomic E-state index is 14.4. The average molecular weight is 746 g/mol. The van der Waals surface area contributed by atoms with E-state index < -0.39 is 30.6 Å². The quantitative estimate of drug-likeness (QED) is 0.136. The molecular weight excluding hydrogens is 710 g/mol. The summed E-state index contributed by atoms with van der Waals surface area (Å²) in [5.74, 6) is -1.17. The molecule has 7 rings (SSSR count). The molecule has 14 heteroatoms. The monoisotopic (exact) mass is 744 g/mol. The number of hydrogen-bond acceptors (Lipinski definition) is 7. The van der Waals surface area contributed by atoms with E-state index in [0.717, 1.165) is 25.9 Å². The van der Waals surface area contributed by atoms with Crippen LogP contribution in [0.25, 0.3) is 0 Å². The lowest BCUT2D eigenvalue weighted by molar-refractivity contribution is -0.377. The lowest BCUT2D eigenvalue weighted by Crippen LogP contribution is -2.53. The van der Waals surface area contributed by atoms with E-state index in [9.17, 15) is 22.8 Å². The van der Waals surface area contributed by atoms with Crippen molar-refractivity contribution in [2.45, 2.75) is 44.6 Å². The Balaban J connectivity index is 1.26. The first kappa shape index (κ1) is 36.3. The molecule has 0 saturated carbocycles. The third-order valence-electron chi connectivity index (χ3n) is 9.10. The molecule has 2 atom stereocenters. The number of fused-ring (bicyclic) bond motifs is 3. The number of alkyl halides is 2. The molecule has 3 aromatic carbocycles. The fourth-order valence-electron chi connectivity index (χ4n) is 6.48. The molecule has 0 unspecified atom stereocenters. The van der Waals surface area contributed by atoms with E-state index in [1.165, 1.54) is 60.8 Å². The number of ether oxygens (including phenoxy) is 4. The van der Waals surface area contributed by atoms with E-state index in [2.05, 4.69) is 14.6 Å². The fraction of sp³-hybridized carbons (Fsp3) is 0.324. The number of hydrogen-bond donors (Lipinski definition) is 0. The molecule has 1 aromatic heterocycles. The van der Waals surface area contributed by atoms with Crippen LogP contribution in [0.5, 0.6) is 11.5 Å². The van der Waals surface area contributed by atoms with Gasteiger partial charge in [-0.1, -0.05) is 47.5 Å². The second-order valence-corrected chi connectivity index (χ2v) is 13.2. The van der Waals surface area contributed by atoms with Gasteiger partial charge in [-0.2, -0.15) is 8.78 Å². The van der Waals surface area contributed by atoms with Crippen LogP contribution in [0.4, 0.5) is 23.7 Å². The van der Waals surface area contributed by atoms with Crippen molar-refractivity contribution < 1.29 is 46.7 Å². The molecule has 4 aromatic rings. The molecule has 1 N–H and O–H groups in total. The first-order valence-corrected chi connectivity index (χ1v) is 17.1. The van der Waals surface area contributed by atoms with Crippen molar-refractivity contribution in [1.29, 1.82) is 0 Å². The number of anilines is 1. The summed E-state index contributed by atoms with van der Waals surface area (Å²) in [5, 5.41) is 0.579. The number of nitrogens with one attached hydrogen (secondary N) is 1. The first-order chi connectivity index (χ1) is 24.6. The van der Waals surface area contributed by atoms with Gasteiger partial charge in [-0.25, -0.2) is 19.0 Å². The Hall–Kier alpha value is -4.52. The molecule has 268 valence electrons. The third-order valence-corrected chi connectivity index (χ3v) is 9.78. The lowest BCUT2D eigenvalue weighted by atomic mass is 9.86. The van der Waals surface area contributed by atoms with Crippen LogP contribution in [0.15, 0.2) is 79.1 Å². The zero-order chi connectivity index (χ0) is 36.1. The summed E-state index contributed by atoms with van der Waals surface area (Å²) < 4.78 is 62.3. The zero-order valence-corrected chi connectivity index (χ0v) is 29.0. The number of carbonyl (C=O) groups excluding carboxylic acids is 2. The molecule has 3 saturated heterocycles. The van der Waals surface area contributed by atoms with Crippen molar-refractivity contribution >= 4 is 41.0 Å². The van der Waals surface area contributed by atoms with E-state index in [1.807, 2.05) is 0 Å². The summed E-state index contributed by atoms with van der Waals surface area (Å²) in [6.45, 7) is -0.495. The van der Waals surface area contributed by atoms with Crippen molar-refractivity contribution in [3.8, 4) is 11.5 Å². The Morgan fingerprint density at radius 2 is 1.73 bits per heavy atom. The predicted octanol–water partition coefficient (Wildman–Crippen LogP) is 7.93. The summed E-state index contributed by atoms with van der Waals surface area (Å²) in [6, 6.07) is 16.4. The molecule has 0 aliphatic carbocycles. The van der Waals surface area contributed by atoms with E-state index in [0.29, 0.717) is 28.9 Å². The molecule has 51 heavy (non-hydrogen) atoms. The van der Waals surface area contributed by atoms with E-state index in [4.69, 9.17) is 37.4 Å². The van der Waals surface area contributed by atoms with Crippen molar-refractivity contribution in [2.75, 3.05) is 31.6 Å². The number of piperidine rings is 3. The second-order valence-electron chi connectivity index (χ2n) is 12.3. The molecule has 3 aliphatic rings. The number of halogens is 5. The Bertz CT molecular complexity index is 1860. The summed E-state index contributed by atoms with van der Waals surface area (Å²) in [6.07, 6.45) is 3.08. The maximum Gasteiger partial charge on any atom is 0.414 e. The van der Waals surface area contributed by atoms with Crippen LogP contribution in [-0.2, 0) is 22.4 Å². The SMILES string of the molecule is COc1cc([C@H](Cc2c(Cl)c[nH+]cc2Cl)OC(=O)c2cccc(CN(C(=O)O[C@H]3CN4CCC3CC4)c3cccc(F)c3)c2)ccc1OC(F)F. The largest absolute Gasteiger partial charge is 0.493 e. The Kier molecular flexibility index (Phi) is 11.5. The topological polar surface area (TPSA) is 91.7 Å². The predicted molar refractivity (Wildman–Crippen MR) is 183 cm³/mol. The number of H-pyrrole nitrogens is 1. The summed E-state index contributed by atoms with van der Waals surface area (Å²) in [5.41, 5.74) is 1.88. The third kappa shape index (κ3) is 8.87. The van der Waals surface area contributed by atoms with Crippen LogP contribution in [0.3, 0.4) is 0 Å². The van der Waals surface area contributed by atoms with Crippen molar-refractivity contribution in [3.05, 3.63) is 117 Å². The molecule has 9 nitrogen and oxygen atoms in total. The highest BCUT2D eigenvalue weighted by Crippen LogP contribution is 2.36. The number of aromatic amines is 1. The van der Waals surface area contributed by atoms with Gasteiger partial charge in [-0.3, -0.25) is 9.80 Å². The second kappa shape index (κ2) is 16.2. The number of aromatic nitrogens is 1. The minimum Gasteiger partial charge on any atom is -0.493 e. The van der Waals surface area contributed by atoms with Crippen molar-refractivity contribution in [2.24, 2.45) is 5.92 Å². The smallest absolute Gasteiger partial charge is 0.414 e. The van der Waals surface area contributed by atoms with Gasteiger partial charge in [0.25, 0.3) is 0 Å². The standard InChI is InChI=1S/C37H34Cl2F3N3O6/c1-48-33-15-24(8-9-31(33)50-36(41)42)32(17-28-29(38)18-43-19-30(28)39)49-35(46)25-5-2-4-22(14-25)20-45(27-7-3-6-26(40)16-27)37(47)51-34-21-44-12-10-23(34)11-13-44/h2-9,14-16,18-19,23,32,34,36H,10-13,17,20-21H2,1H3/p+1/t32-,34-/m0/s1. The summed E-state index contributed by atoms with van der Waals surface area (Å²) >= 11 is 12.9. The number of methoxy groups -OCH3 is 1. The average Bonchev–Trinajstić information content (AvgIpc) is 3.12. The van der Waals surface area contributed by atoms with Crippen LogP contribution in [0, 0.1) is 11.7 Å². The number of nitrogens with zero attached hydrogens (tertiary/aromatic N) is 2. The minimum atomic E-state index is -3.08. The van der Waals surface area contributed by atoms with Gasteiger partial charge >= 0.3 is 18.7 Å². The van der Waals surface area contributed by atoms with Gasteiger partial charge in [0, 0.05) is 18.5 Å². The molecule has 3 aliphatic heterocycles. The molecule has 0 radical (unpaired) electrons. The number of esters is 1. The Morgan fingerprint density at radius 3 is 2.39 bits per heavy atom. The highest BCUT2D eigenvalue weighted by molar-refractivity contribution is 6.35. The summed E-state index contributed by atoms with van der Waals surface area (Å²) in [4.78, 5) is 33.9. The molecular formula is C37H35Cl2F3N3O6+. The van der Waals surface area contributed by atoms with Gasteiger partial charge in [-0.05, 0) is 85.4 Å². The van der Waals surface area contributed by atoms with Gasteiger partial charge in [0.15, 0.2) is 23.9 Å². The van der Waals surface area contributed by atoms with Gasteiger partial charge in [-0.15, -0.1) is 0 Å². The van der Waals surface area contributed by atoms with Gasteiger partial charge in [0.05, 0.1) is 24.9 Å². The van der Waals surface area contributed by atoms with E-state index in [1.54, 1.807) is 30.3 Å². The number of benzene rings is 3. The Labute approximate surface area is 302 Å². The Morgan fingerprint density at radius 1 is 0.980 bits per heavy atom. The normalized spacial score (nSPS) is 18.6. The minimum absolute atomic E-state index is 0.00277. The van der Waals surface area contributed by atoms with Crippen LogP contribution >= 0.6 is 23.2 Å². The number of pyridine rings is 1. The van der Waals surface area contributed by atoms with Crippen LogP contribution in [0.1, 0.15) is 46.0 Å². The fourth-order valence-corrected chi connectivity index (χ4v) is 7.01. The van der Waals surface area contributed by atoms with Crippen LogP contribution < -0.4 is 19.4 Å². The number of carbonyl (C=O) groups is 2. The van der Waals surface area contributed by atoms with Gasteiger partial charge in [0.2, 0.25) is 0 Å². The van der Waals surface area contributed by atoms with Gasteiger partial charge in [0.1, 0.15) is 28.1 Å². The van der Waals surface area contributed by atoms with E-state index >= 15 is 0 Å². The molecule has 4 heterocycles. The molecule has 0 spiro atoms. The molecule has 2 bridgehead atoms. The van der Waals surface area contributed by atoms with Gasteiger partial charge < -0.3 is 18.9 Å².